The molecule has 0 aliphatic carbocycles. The lowest BCUT2D eigenvalue weighted by Gasteiger charge is -2.16. The quantitative estimate of drug-likeness (QED) is 0.862. The van der Waals surface area contributed by atoms with E-state index in [9.17, 15) is 4.79 Å². The molecule has 0 saturated carbocycles. The van der Waals surface area contributed by atoms with Gasteiger partial charge in [0.25, 0.3) is 0 Å². The number of nitrogens with two attached hydrogens (primary N) is 1. The van der Waals surface area contributed by atoms with Crippen molar-refractivity contribution in [2.75, 3.05) is 12.3 Å². The Morgan fingerprint density at radius 2 is 2.41 bits per heavy atom. The van der Waals surface area contributed by atoms with Gasteiger partial charge in [0.2, 0.25) is 5.91 Å². The van der Waals surface area contributed by atoms with Gasteiger partial charge in [0.1, 0.15) is 5.82 Å². The number of nitrogen functional groups attached to an aromatic ring is 1. The van der Waals surface area contributed by atoms with Crippen molar-refractivity contribution >= 4 is 11.7 Å². The molecule has 1 aliphatic rings. The summed E-state index contributed by atoms with van der Waals surface area (Å²) in [5.74, 6) is 1.31. The van der Waals surface area contributed by atoms with Gasteiger partial charge in [-0.1, -0.05) is 13.3 Å². The van der Waals surface area contributed by atoms with Crippen LogP contribution in [0, 0.1) is 5.92 Å². The van der Waals surface area contributed by atoms with Crippen LogP contribution in [0.3, 0.4) is 0 Å². The van der Waals surface area contributed by atoms with Crippen LogP contribution in [0.1, 0.15) is 31.7 Å². The number of carbonyl (C=O) groups excluding carboxylic acids is 1. The van der Waals surface area contributed by atoms with Gasteiger partial charge in [-0.15, -0.1) is 0 Å². The fraction of sp³-hybridized carbons (Fsp3) is 0.538. The molecule has 1 unspecified atom stereocenters. The average Bonchev–Trinajstić information content (AvgIpc) is 2.60. The van der Waals surface area contributed by atoms with Crippen LogP contribution in [0.15, 0.2) is 18.3 Å². The van der Waals surface area contributed by atoms with Crippen molar-refractivity contribution in [3.8, 4) is 0 Å². The van der Waals surface area contributed by atoms with Crippen LogP contribution in [-0.2, 0) is 11.3 Å². The lowest BCUT2D eigenvalue weighted by Crippen LogP contribution is -2.24. The zero-order chi connectivity index (χ0) is 12.3. The molecule has 2 rings (SSSR count). The Morgan fingerprint density at radius 3 is 3.12 bits per heavy atom. The summed E-state index contributed by atoms with van der Waals surface area (Å²) in [5, 5.41) is 0. The van der Waals surface area contributed by atoms with Gasteiger partial charge in [0.15, 0.2) is 0 Å². The maximum atomic E-state index is 11.8. The molecule has 4 nitrogen and oxygen atoms in total. The molecule has 17 heavy (non-hydrogen) atoms. The summed E-state index contributed by atoms with van der Waals surface area (Å²) in [6, 6.07) is 3.75. The molecule has 0 aromatic carbocycles. The van der Waals surface area contributed by atoms with E-state index in [1.807, 2.05) is 17.0 Å². The number of likely N-dealkylation sites (tertiary alicyclic amines) is 1. The number of amides is 1. The molecule has 1 saturated heterocycles. The second-order valence-corrected chi connectivity index (χ2v) is 4.72. The second kappa shape index (κ2) is 5.17. The molecule has 1 aliphatic heterocycles. The largest absolute Gasteiger partial charge is 0.384 e. The van der Waals surface area contributed by atoms with Crippen LogP contribution in [0.5, 0.6) is 0 Å². The fourth-order valence-corrected chi connectivity index (χ4v) is 2.42. The van der Waals surface area contributed by atoms with E-state index in [1.165, 1.54) is 0 Å². The molecule has 4 heteroatoms. The van der Waals surface area contributed by atoms with E-state index in [0.29, 0.717) is 24.7 Å². The summed E-state index contributed by atoms with van der Waals surface area (Å²) >= 11 is 0. The van der Waals surface area contributed by atoms with Gasteiger partial charge in [0, 0.05) is 25.7 Å². The minimum Gasteiger partial charge on any atom is -0.384 e. The average molecular weight is 233 g/mol. The highest BCUT2D eigenvalue weighted by molar-refractivity contribution is 5.78. The van der Waals surface area contributed by atoms with Crippen molar-refractivity contribution in [2.24, 2.45) is 5.92 Å². The van der Waals surface area contributed by atoms with Crippen molar-refractivity contribution in [1.29, 1.82) is 0 Å². The summed E-state index contributed by atoms with van der Waals surface area (Å²) in [6.07, 6.45) is 4.68. The van der Waals surface area contributed by atoms with Gasteiger partial charge in [0.05, 0.1) is 0 Å². The van der Waals surface area contributed by atoms with Crippen LogP contribution in [0.2, 0.25) is 0 Å². The standard InChI is InChI=1S/C13H19N3O/c1-2-3-10-7-13(17)16(8-10)9-11-4-5-15-12(14)6-11/h4-6,10H,2-3,7-9H2,1H3,(H2,14,15). The van der Waals surface area contributed by atoms with Gasteiger partial charge in [-0.2, -0.15) is 0 Å². The van der Waals surface area contributed by atoms with Gasteiger partial charge in [-0.05, 0) is 30.0 Å². The monoisotopic (exact) mass is 233 g/mol. The normalized spacial score (nSPS) is 19.9. The minimum absolute atomic E-state index is 0.263. The molecule has 1 atom stereocenters. The minimum atomic E-state index is 0.263. The zero-order valence-electron chi connectivity index (χ0n) is 10.2. The highest BCUT2D eigenvalue weighted by Crippen LogP contribution is 2.23. The number of nitrogens with zero attached hydrogens (tertiary/aromatic N) is 2. The third kappa shape index (κ3) is 2.96. The van der Waals surface area contributed by atoms with Crippen molar-refractivity contribution in [1.82, 2.24) is 9.88 Å². The number of carbonyl (C=O) groups is 1. The van der Waals surface area contributed by atoms with Gasteiger partial charge >= 0.3 is 0 Å². The molecule has 2 heterocycles. The molecule has 0 spiro atoms. The summed E-state index contributed by atoms with van der Waals surface area (Å²) in [7, 11) is 0. The van der Waals surface area contributed by atoms with E-state index in [1.54, 1.807) is 6.20 Å². The van der Waals surface area contributed by atoms with E-state index < -0.39 is 0 Å². The zero-order valence-corrected chi connectivity index (χ0v) is 10.2. The molecule has 92 valence electrons. The van der Waals surface area contributed by atoms with E-state index in [4.69, 9.17) is 5.73 Å². The molecule has 0 radical (unpaired) electrons. The summed E-state index contributed by atoms with van der Waals surface area (Å²) in [5.41, 5.74) is 6.69. The maximum absolute atomic E-state index is 11.8. The van der Waals surface area contributed by atoms with E-state index in [-0.39, 0.29) is 5.91 Å². The number of pyridine rings is 1. The molecular weight excluding hydrogens is 214 g/mol. The van der Waals surface area contributed by atoms with Crippen molar-refractivity contribution in [3.63, 3.8) is 0 Å². The third-order valence-corrected chi connectivity index (χ3v) is 3.21. The Hall–Kier alpha value is -1.58. The van der Waals surface area contributed by atoms with Crippen LogP contribution < -0.4 is 5.73 Å². The van der Waals surface area contributed by atoms with E-state index in [0.717, 1.165) is 24.9 Å². The first-order chi connectivity index (χ1) is 8.19. The molecule has 2 N–H and O–H groups in total. The Bertz CT molecular complexity index is 405. The van der Waals surface area contributed by atoms with Crippen LogP contribution in [-0.4, -0.2) is 22.3 Å². The van der Waals surface area contributed by atoms with E-state index in [2.05, 4.69) is 11.9 Å². The van der Waals surface area contributed by atoms with Gasteiger partial charge in [-0.25, -0.2) is 4.98 Å². The smallest absolute Gasteiger partial charge is 0.223 e. The number of hydrogen-bond donors (Lipinski definition) is 1. The first-order valence-electron chi connectivity index (χ1n) is 6.17. The van der Waals surface area contributed by atoms with Crippen molar-refractivity contribution in [2.45, 2.75) is 32.7 Å². The lowest BCUT2D eigenvalue weighted by molar-refractivity contribution is -0.128. The molecule has 1 amide bonds. The third-order valence-electron chi connectivity index (χ3n) is 3.21. The molecule has 1 aromatic rings. The first-order valence-corrected chi connectivity index (χ1v) is 6.17. The molecule has 1 fully saturated rings. The predicted octanol–water partition coefficient (Wildman–Crippen LogP) is 1.81. The predicted molar refractivity (Wildman–Crippen MR) is 67.1 cm³/mol. The summed E-state index contributed by atoms with van der Waals surface area (Å²) in [6.45, 7) is 3.71. The Morgan fingerprint density at radius 1 is 1.59 bits per heavy atom. The Balaban J connectivity index is 1.98. The molecular formula is C13H19N3O. The van der Waals surface area contributed by atoms with Gasteiger partial charge < -0.3 is 10.6 Å². The Labute approximate surface area is 102 Å². The molecule has 0 bridgehead atoms. The first kappa shape index (κ1) is 11.9. The lowest BCUT2D eigenvalue weighted by atomic mass is 10.0. The number of rotatable bonds is 4. The number of hydrogen-bond acceptors (Lipinski definition) is 3. The topological polar surface area (TPSA) is 59.2 Å². The van der Waals surface area contributed by atoms with Crippen molar-refractivity contribution in [3.05, 3.63) is 23.9 Å². The highest BCUT2D eigenvalue weighted by Gasteiger charge is 2.28. The fourth-order valence-electron chi connectivity index (χ4n) is 2.42. The van der Waals surface area contributed by atoms with Crippen LogP contribution in [0.25, 0.3) is 0 Å². The van der Waals surface area contributed by atoms with E-state index >= 15 is 0 Å². The highest BCUT2D eigenvalue weighted by atomic mass is 16.2. The SMILES string of the molecule is CCCC1CC(=O)N(Cc2ccnc(N)c2)C1. The second-order valence-electron chi connectivity index (χ2n) is 4.72. The Kier molecular flexibility index (Phi) is 3.61. The summed E-state index contributed by atoms with van der Waals surface area (Å²) < 4.78 is 0. The summed E-state index contributed by atoms with van der Waals surface area (Å²) in [4.78, 5) is 17.7. The number of aromatic nitrogens is 1. The molecule has 1 aromatic heterocycles. The van der Waals surface area contributed by atoms with Crippen molar-refractivity contribution < 1.29 is 4.79 Å². The van der Waals surface area contributed by atoms with Gasteiger partial charge in [-0.3, -0.25) is 4.79 Å². The number of anilines is 1. The maximum Gasteiger partial charge on any atom is 0.223 e. The van der Waals surface area contributed by atoms with Crippen LogP contribution >= 0.6 is 0 Å². The van der Waals surface area contributed by atoms with Crippen LogP contribution in [0.4, 0.5) is 5.82 Å².